The molecule has 0 atom stereocenters. The molecule has 0 heterocycles. The summed E-state index contributed by atoms with van der Waals surface area (Å²) in [6, 6.07) is 0. The van der Waals surface area contributed by atoms with Crippen LogP contribution in [-0.2, 0) is 20.9 Å². The molecule has 0 spiro atoms. The number of hydrogen-bond donors (Lipinski definition) is 0. The predicted molar refractivity (Wildman–Crippen MR) is 37.4 cm³/mol. The molecule has 0 unspecified atom stereocenters. The van der Waals surface area contributed by atoms with E-state index in [1.54, 1.807) is 0 Å². The third kappa shape index (κ3) is 29.3. The second-order valence-electron chi connectivity index (χ2n) is 1.31. The van der Waals surface area contributed by atoms with E-state index in [-0.39, 0.29) is 0 Å². The fourth-order valence-electron chi connectivity index (χ4n) is 0.224. The van der Waals surface area contributed by atoms with Crippen molar-refractivity contribution in [2.75, 3.05) is 19.6 Å². The SMILES string of the molecule is CC[N-]CC.CC[N]=[Nb]. The Kier molecular flexibility index (Phi) is 21.4. The van der Waals surface area contributed by atoms with Crippen LogP contribution in [0.3, 0.4) is 0 Å². The molecule has 0 rings (SSSR count). The van der Waals surface area contributed by atoms with E-state index >= 15 is 0 Å². The van der Waals surface area contributed by atoms with Crippen LogP contribution in [0.2, 0.25) is 0 Å². The van der Waals surface area contributed by atoms with Gasteiger partial charge in [0.15, 0.2) is 0 Å². The molecule has 0 aliphatic carbocycles. The van der Waals surface area contributed by atoms with Gasteiger partial charge in [-0.25, -0.2) is 0 Å². The van der Waals surface area contributed by atoms with E-state index in [1.807, 2.05) is 20.8 Å². The van der Waals surface area contributed by atoms with Crippen molar-refractivity contribution in [3.8, 4) is 0 Å². The molecular weight excluding hydrogens is 193 g/mol. The molecule has 0 saturated carbocycles. The van der Waals surface area contributed by atoms with Crippen LogP contribution in [0.5, 0.6) is 0 Å². The molecule has 0 bridgehead atoms. The van der Waals surface area contributed by atoms with Crippen LogP contribution in [-0.4, -0.2) is 19.6 Å². The maximum atomic E-state index is 3.97. The van der Waals surface area contributed by atoms with E-state index in [9.17, 15) is 0 Å². The summed E-state index contributed by atoms with van der Waals surface area (Å²) in [7, 11) is 0. The number of hydrogen-bond acceptors (Lipinski definition) is 1. The fourth-order valence-corrected chi connectivity index (χ4v) is 0.224. The molecule has 0 aromatic rings. The van der Waals surface area contributed by atoms with Gasteiger partial charge in [0.05, 0.1) is 0 Å². The van der Waals surface area contributed by atoms with Gasteiger partial charge in [0.2, 0.25) is 0 Å². The van der Waals surface area contributed by atoms with Crippen LogP contribution in [0.25, 0.3) is 5.32 Å². The van der Waals surface area contributed by atoms with Crippen LogP contribution in [0.1, 0.15) is 20.8 Å². The van der Waals surface area contributed by atoms with Crippen LogP contribution >= 0.6 is 0 Å². The van der Waals surface area contributed by atoms with E-state index in [0.717, 1.165) is 19.6 Å². The summed E-state index contributed by atoms with van der Waals surface area (Å²) in [5.74, 6) is 0. The number of rotatable bonds is 3. The summed E-state index contributed by atoms with van der Waals surface area (Å²) in [5.41, 5.74) is 0. The first kappa shape index (κ1) is 12.2. The van der Waals surface area contributed by atoms with Gasteiger partial charge in [0.25, 0.3) is 0 Å². The molecule has 0 radical (unpaired) electrons. The minimum atomic E-state index is 0.967. The fraction of sp³-hybridized carbons (Fsp3) is 1.00. The summed E-state index contributed by atoms with van der Waals surface area (Å²) in [4.78, 5) is 0. The van der Waals surface area contributed by atoms with Crippen molar-refractivity contribution < 1.29 is 20.9 Å². The molecule has 0 aromatic heterocycles. The second-order valence-corrected chi connectivity index (χ2v) is 2.01. The third-order valence-electron chi connectivity index (χ3n) is 0.589. The molecule has 0 saturated heterocycles. The van der Waals surface area contributed by atoms with E-state index < -0.39 is 0 Å². The molecule has 0 amide bonds. The summed E-state index contributed by atoms with van der Waals surface area (Å²) < 4.78 is 3.79. The zero-order chi connectivity index (χ0) is 7.54. The van der Waals surface area contributed by atoms with Crippen molar-refractivity contribution in [3.63, 3.8) is 0 Å². The molecule has 0 fully saturated rings. The molecule has 3 heteroatoms. The van der Waals surface area contributed by atoms with Gasteiger partial charge in [-0.2, -0.15) is 13.1 Å². The second kappa shape index (κ2) is 15.8. The molecule has 0 aliphatic rings. The van der Waals surface area contributed by atoms with Gasteiger partial charge in [0.1, 0.15) is 0 Å². The molecule has 9 heavy (non-hydrogen) atoms. The van der Waals surface area contributed by atoms with Crippen molar-refractivity contribution in [1.29, 1.82) is 0 Å². The molecule has 0 aromatic carbocycles. The first-order valence-corrected chi connectivity index (χ1v) is 4.25. The van der Waals surface area contributed by atoms with Gasteiger partial charge in [-0.15, -0.1) is 0 Å². The van der Waals surface area contributed by atoms with Crippen LogP contribution in [0.15, 0.2) is 3.34 Å². The zero-order valence-electron chi connectivity index (χ0n) is 6.46. The average Bonchev–Trinajstić information content (AvgIpc) is 1.91. The Labute approximate surface area is 70.2 Å². The Morgan fingerprint density at radius 1 is 1.22 bits per heavy atom. The topological polar surface area (TPSA) is 26.5 Å². The predicted octanol–water partition coefficient (Wildman–Crippen LogP) is 2.14. The van der Waals surface area contributed by atoms with Gasteiger partial charge >= 0.3 is 37.7 Å². The van der Waals surface area contributed by atoms with Crippen molar-refractivity contribution >= 4 is 0 Å². The monoisotopic (exact) mass is 208 g/mol. The Morgan fingerprint density at radius 3 is 1.56 bits per heavy atom. The molecule has 55 valence electrons. The van der Waals surface area contributed by atoms with Gasteiger partial charge in [-0.3, -0.25) is 0 Å². The maximum absolute atomic E-state index is 3.97. The summed E-state index contributed by atoms with van der Waals surface area (Å²) in [6.07, 6.45) is 0. The van der Waals surface area contributed by atoms with Gasteiger partial charge in [-0.05, 0) is 0 Å². The summed E-state index contributed by atoms with van der Waals surface area (Å²) >= 11 is 1.52. The molecular formula is C6H15N2Nb-. The van der Waals surface area contributed by atoms with Gasteiger partial charge in [-0.1, -0.05) is 13.8 Å². The molecule has 2 nitrogen and oxygen atoms in total. The van der Waals surface area contributed by atoms with Crippen LogP contribution in [0.4, 0.5) is 0 Å². The quantitative estimate of drug-likeness (QED) is 0.635. The van der Waals surface area contributed by atoms with Crippen LogP contribution < -0.4 is 0 Å². The van der Waals surface area contributed by atoms with Crippen molar-refractivity contribution in [1.82, 2.24) is 0 Å². The van der Waals surface area contributed by atoms with Crippen LogP contribution in [0, 0.1) is 0 Å². The standard InChI is InChI=1S/C4H10N.C2H5N.Nb/c1-3-5-4-2;1-2-3;/h3-4H2,1-2H3;2H2,1H3;/q-1;;. The molecule has 0 N–H and O–H groups in total. The molecule has 0 aliphatic heterocycles. The Balaban J connectivity index is 0. The van der Waals surface area contributed by atoms with E-state index in [4.69, 9.17) is 0 Å². The van der Waals surface area contributed by atoms with E-state index in [0.29, 0.717) is 0 Å². The number of nitrogens with zero attached hydrogens (tertiary/aromatic N) is 2. The van der Waals surface area contributed by atoms with Gasteiger partial charge < -0.3 is 5.32 Å². The summed E-state index contributed by atoms with van der Waals surface area (Å²) in [5, 5.41) is 3.97. The first-order valence-electron chi connectivity index (χ1n) is 3.27. The minimum absolute atomic E-state index is 0.967. The van der Waals surface area contributed by atoms with Crippen molar-refractivity contribution in [2.24, 2.45) is 3.34 Å². The van der Waals surface area contributed by atoms with E-state index in [2.05, 4.69) is 8.65 Å². The Morgan fingerprint density at radius 2 is 1.56 bits per heavy atom. The third-order valence-corrected chi connectivity index (χ3v) is 1.28. The van der Waals surface area contributed by atoms with Crippen molar-refractivity contribution in [3.05, 3.63) is 5.32 Å². The average molecular weight is 208 g/mol. The summed E-state index contributed by atoms with van der Waals surface area (Å²) in [6.45, 7) is 9.02. The Hall–Kier alpha value is 0.500. The normalized spacial score (nSPS) is 7.33. The van der Waals surface area contributed by atoms with Gasteiger partial charge in [0, 0.05) is 0 Å². The van der Waals surface area contributed by atoms with E-state index in [1.165, 1.54) is 20.9 Å². The first-order chi connectivity index (χ1) is 4.33. The zero-order valence-corrected chi connectivity index (χ0v) is 8.66. The Bertz CT molecular complexity index is 46.3. The van der Waals surface area contributed by atoms with Crippen molar-refractivity contribution in [2.45, 2.75) is 20.8 Å².